The maximum absolute atomic E-state index is 4.55. The lowest BCUT2D eigenvalue weighted by atomic mass is 10.2. The van der Waals surface area contributed by atoms with Gasteiger partial charge in [0.15, 0.2) is 11.5 Å². The molecule has 0 aliphatic rings. The standard InChI is InChI=1S/C11H11N5S/c1-12-6-11-14-13-10-3-2-9(15-16(10)11)8-4-5-17-7-8/h2-5,7,12H,6H2,1H3. The number of rotatable bonds is 3. The lowest BCUT2D eigenvalue weighted by Crippen LogP contribution is -2.10. The lowest BCUT2D eigenvalue weighted by molar-refractivity contribution is 0.719. The zero-order valence-corrected chi connectivity index (χ0v) is 10.1. The molecule has 86 valence electrons. The van der Waals surface area contributed by atoms with E-state index in [0.717, 1.165) is 22.7 Å². The zero-order chi connectivity index (χ0) is 11.7. The van der Waals surface area contributed by atoms with Crippen molar-refractivity contribution < 1.29 is 0 Å². The highest BCUT2D eigenvalue weighted by Crippen LogP contribution is 2.19. The quantitative estimate of drug-likeness (QED) is 0.761. The van der Waals surface area contributed by atoms with Gasteiger partial charge >= 0.3 is 0 Å². The van der Waals surface area contributed by atoms with Gasteiger partial charge in [-0.1, -0.05) is 0 Å². The first-order chi connectivity index (χ1) is 8.38. The van der Waals surface area contributed by atoms with Gasteiger partial charge in [-0.25, -0.2) is 0 Å². The van der Waals surface area contributed by atoms with Gasteiger partial charge in [0.1, 0.15) is 0 Å². The molecule has 3 aromatic heterocycles. The normalized spacial score (nSPS) is 11.1. The smallest absolute Gasteiger partial charge is 0.177 e. The lowest BCUT2D eigenvalue weighted by Gasteiger charge is -2.00. The number of hydrogen-bond acceptors (Lipinski definition) is 5. The average molecular weight is 245 g/mol. The highest BCUT2D eigenvalue weighted by molar-refractivity contribution is 7.08. The Morgan fingerprint density at radius 2 is 2.24 bits per heavy atom. The fraction of sp³-hybridized carbons (Fsp3) is 0.182. The van der Waals surface area contributed by atoms with Crippen LogP contribution in [0.4, 0.5) is 0 Å². The van der Waals surface area contributed by atoms with Crippen molar-refractivity contribution in [3.8, 4) is 11.3 Å². The molecular weight excluding hydrogens is 234 g/mol. The van der Waals surface area contributed by atoms with E-state index in [1.54, 1.807) is 15.9 Å². The highest BCUT2D eigenvalue weighted by Gasteiger charge is 2.07. The van der Waals surface area contributed by atoms with E-state index in [1.165, 1.54) is 0 Å². The second-order valence-corrected chi connectivity index (χ2v) is 4.43. The maximum Gasteiger partial charge on any atom is 0.177 e. The number of nitrogens with zero attached hydrogens (tertiary/aromatic N) is 4. The Balaban J connectivity index is 2.13. The van der Waals surface area contributed by atoms with Gasteiger partial charge in [-0.3, -0.25) is 0 Å². The molecule has 1 N–H and O–H groups in total. The van der Waals surface area contributed by atoms with Gasteiger partial charge < -0.3 is 5.32 Å². The molecule has 0 unspecified atom stereocenters. The molecule has 3 aromatic rings. The molecule has 0 spiro atoms. The topological polar surface area (TPSA) is 55.1 Å². The molecule has 3 rings (SSSR count). The minimum Gasteiger partial charge on any atom is -0.313 e. The summed E-state index contributed by atoms with van der Waals surface area (Å²) in [6.45, 7) is 0.654. The molecule has 0 amide bonds. The van der Waals surface area contributed by atoms with Gasteiger partial charge in [0.05, 0.1) is 12.2 Å². The fourth-order valence-electron chi connectivity index (χ4n) is 1.67. The SMILES string of the molecule is CNCc1nnc2ccc(-c3ccsc3)nn12. The third kappa shape index (κ3) is 1.81. The van der Waals surface area contributed by atoms with E-state index in [4.69, 9.17) is 0 Å². The minimum absolute atomic E-state index is 0.654. The van der Waals surface area contributed by atoms with Crippen molar-refractivity contribution in [3.63, 3.8) is 0 Å². The number of fused-ring (bicyclic) bond motifs is 1. The van der Waals surface area contributed by atoms with Gasteiger partial charge in [0.2, 0.25) is 0 Å². The zero-order valence-electron chi connectivity index (χ0n) is 9.29. The first-order valence-electron chi connectivity index (χ1n) is 5.27. The summed E-state index contributed by atoms with van der Waals surface area (Å²) in [5.74, 6) is 0.819. The van der Waals surface area contributed by atoms with Crippen LogP contribution in [0.5, 0.6) is 0 Å². The molecule has 0 saturated heterocycles. The van der Waals surface area contributed by atoms with Gasteiger partial charge in [0.25, 0.3) is 0 Å². The van der Waals surface area contributed by atoms with E-state index in [9.17, 15) is 0 Å². The first kappa shape index (κ1) is 10.4. The Bertz CT molecular complexity index is 628. The molecule has 6 heteroatoms. The monoisotopic (exact) mass is 245 g/mol. The summed E-state index contributed by atoms with van der Waals surface area (Å²) in [4.78, 5) is 0. The first-order valence-corrected chi connectivity index (χ1v) is 6.21. The minimum atomic E-state index is 0.654. The van der Waals surface area contributed by atoms with Crippen molar-refractivity contribution in [3.05, 3.63) is 34.8 Å². The number of nitrogens with one attached hydrogen (secondary N) is 1. The molecule has 0 atom stereocenters. The van der Waals surface area contributed by atoms with Crippen molar-refractivity contribution >= 4 is 17.0 Å². The highest BCUT2D eigenvalue weighted by atomic mass is 32.1. The second kappa shape index (κ2) is 4.23. The molecule has 0 aliphatic carbocycles. The summed E-state index contributed by atoms with van der Waals surface area (Å²) in [6.07, 6.45) is 0. The summed E-state index contributed by atoms with van der Waals surface area (Å²) in [6, 6.07) is 5.96. The summed E-state index contributed by atoms with van der Waals surface area (Å²) in [5, 5.41) is 19.9. The summed E-state index contributed by atoms with van der Waals surface area (Å²) < 4.78 is 1.78. The van der Waals surface area contributed by atoms with Crippen LogP contribution in [0, 0.1) is 0 Å². The Kier molecular flexibility index (Phi) is 2.58. The van der Waals surface area contributed by atoms with Crippen LogP contribution in [0.1, 0.15) is 5.82 Å². The largest absolute Gasteiger partial charge is 0.313 e. The van der Waals surface area contributed by atoms with E-state index in [2.05, 4.69) is 32.1 Å². The van der Waals surface area contributed by atoms with Crippen LogP contribution in [0.15, 0.2) is 29.0 Å². The molecule has 0 aliphatic heterocycles. The Hall–Kier alpha value is -1.79. The van der Waals surface area contributed by atoms with Crippen LogP contribution >= 0.6 is 11.3 Å². The number of aromatic nitrogens is 4. The Labute approximate surface area is 102 Å². The van der Waals surface area contributed by atoms with Crippen molar-refractivity contribution in [2.24, 2.45) is 0 Å². The molecular formula is C11H11N5S. The third-order valence-corrected chi connectivity index (χ3v) is 3.16. The van der Waals surface area contributed by atoms with Crippen LogP contribution < -0.4 is 5.32 Å². The van der Waals surface area contributed by atoms with Gasteiger partial charge in [0, 0.05) is 10.9 Å². The van der Waals surface area contributed by atoms with Gasteiger partial charge in [-0.05, 0) is 30.6 Å². The molecule has 0 aromatic carbocycles. The van der Waals surface area contributed by atoms with Crippen LogP contribution in [-0.4, -0.2) is 26.9 Å². The fourth-order valence-corrected chi connectivity index (χ4v) is 2.32. The number of thiophene rings is 1. The average Bonchev–Trinajstić information content (AvgIpc) is 2.98. The van der Waals surface area contributed by atoms with Crippen molar-refractivity contribution in [1.29, 1.82) is 0 Å². The van der Waals surface area contributed by atoms with E-state index >= 15 is 0 Å². The van der Waals surface area contributed by atoms with Crippen molar-refractivity contribution in [2.75, 3.05) is 7.05 Å². The van der Waals surface area contributed by atoms with Crippen LogP contribution in [0.3, 0.4) is 0 Å². The molecule has 0 fully saturated rings. The van der Waals surface area contributed by atoms with Gasteiger partial charge in [-0.2, -0.15) is 21.0 Å². The molecule has 0 bridgehead atoms. The van der Waals surface area contributed by atoms with E-state index < -0.39 is 0 Å². The molecule has 5 nitrogen and oxygen atoms in total. The summed E-state index contributed by atoms with van der Waals surface area (Å²) in [5.41, 5.74) is 2.84. The van der Waals surface area contributed by atoms with Crippen LogP contribution in [0.2, 0.25) is 0 Å². The van der Waals surface area contributed by atoms with Gasteiger partial charge in [-0.15, -0.1) is 10.2 Å². The predicted octanol–water partition coefficient (Wildman–Crippen LogP) is 1.57. The Morgan fingerprint density at radius 3 is 3.00 bits per heavy atom. The Morgan fingerprint density at radius 1 is 1.29 bits per heavy atom. The van der Waals surface area contributed by atoms with E-state index in [-0.39, 0.29) is 0 Å². The molecule has 0 saturated carbocycles. The second-order valence-electron chi connectivity index (χ2n) is 3.65. The van der Waals surface area contributed by atoms with Crippen molar-refractivity contribution in [1.82, 2.24) is 25.1 Å². The van der Waals surface area contributed by atoms with E-state index in [1.807, 2.05) is 24.6 Å². The predicted molar refractivity (Wildman–Crippen MR) is 66.9 cm³/mol. The van der Waals surface area contributed by atoms with Crippen molar-refractivity contribution in [2.45, 2.75) is 6.54 Å². The van der Waals surface area contributed by atoms with Crippen LogP contribution in [-0.2, 0) is 6.54 Å². The summed E-state index contributed by atoms with van der Waals surface area (Å²) >= 11 is 1.66. The van der Waals surface area contributed by atoms with E-state index in [0.29, 0.717) is 6.54 Å². The molecule has 0 radical (unpaired) electrons. The summed E-state index contributed by atoms with van der Waals surface area (Å²) in [7, 11) is 1.88. The molecule has 3 heterocycles. The maximum atomic E-state index is 4.55. The molecule has 17 heavy (non-hydrogen) atoms. The third-order valence-electron chi connectivity index (χ3n) is 2.48. The number of hydrogen-bond donors (Lipinski definition) is 1. The van der Waals surface area contributed by atoms with Crippen LogP contribution in [0.25, 0.3) is 16.9 Å².